The minimum absolute atomic E-state index is 0.0377. The predicted octanol–water partition coefficient (Wildman–Crippen LogP) is 2.40. The van der Waals surface area contributed by atoms with Gasteiger partial charge >= 0.3 is 0 Å². The third-order valence-corrected chi connectivity index (χ3v) is 1.82. The van der Waals surface area contributed by atoms with E-state index in [1.165, 1.54) is 18.2 Å². The number of alkyl halides is 2. The molecule has 70 valence electrons. The SMILES string of the molecule is FC(F)c1ccc2c(c1)OCCO2. The first-order valence-electron chi connectivity index (χ1n) is 3.95. The van der Waals surface area contributed by atoms with Crippen molar-refractivity contribution in [3.63, 3.8) is 0 Å². The first-order valence-corrected chi connectivity index (χ1v) is 3.95. The van der Waals surface area contributed by atoms with Gasteiger partial charge in [0.1, 0.15) is 13.2 Å². The predicted molar refractivity (Wildman–Crippen MR) is 42.4 cm³/mol. The van der Waals surface area contributed by atoms with E-state index in [4.69, 9.17) is 9.47 Å². The fourth-order valence-electron chi connectivity index (χ4n) is 1.20. The quantitative estimate of drug-likeness (QED) is 0.670. The molecule has 0 saturated carbocycles. The molecule has 0 fully saturated rings. The summed E-state index contributed by atoms with van der Waals surface area (Å²) >= 11 is 0. The zero-order valence-electron chi connectivity index (χ0n) is 6.80. The molecule has 0 saturated heterocycles. The van der Waals surface area contributed by atoms with Gasteiger partial charge in [-0.3, -0.25) is 0 Å². The van der Waals surface area contributed by atoms with Crippen LogP contribution in [0.1, 0.15) is 12.0 Å². The lowest BCUT2D eigenvalue weighted by Gasteiger charge is -2.18. The molecule has 2 rings (SSSR count). The molecule has 0 radical (unpaired) electrons. The van der Waals surface area contributed by atoms with Gasteiger partial charge in [-0.2, -0.15) is 0 Å². The van der Waals surface area contributed by atoms with Crippen LogP contribution in [0, 0.1) is 0 Å². The van der Waals surface area contributed by atoms with Gasteiger partial charge in [0, 0.05) is 5.56 Å². The van der Waals surface area contributed by atoms with Gasteiger partial charge in [-0.1, -0.05) is 0 Å². The Morgan fingerprint density at radius 1 is 1.08 bits per heavy atom. The summed E-state index contributed by atoms with van der Waals surface area (Å²) in [6.07, 6.45) is -2.46. The van der Waals surface area contributed by atoms with E-state index in [0.29, 0.717) is 24.7 Å². The molecule has 1 aromatic rings. The van der Waals surface area contributed by atoms with E-state index in [2.05, 4.69) is 0 Å². The highest BCUT2D eigenvalue weighted by Gasteiger charge is 2.15. The molecule has 1 aliphatic heterocycles. The Bertz CT molecular complexity index is 312. The lowest BCUT2D eigenvalue weighted by molar-refractivity contribution is 0.147. The third kappa shape index (κ3) is 1.56. The molecular weight excluding hydrogens is 178 g/mol. The average Bonchev–Trinajstić information content (AvgIpc) is 2.17. The zero-order chi connectivity index (χ0) is 9.26. The fourth-order valence-corrected chi connectivity index (χ4v) is 1.20. The summed E-state index contributed by atoms with van der Waals surface area (Å²) in [5.41, 5.74) is -0.0377. The van der Waals surface area contributed by atoms with Crippen molar-refractivity contribution < 1.29 is 18.3 Å². The Balaban J connectivity index is 2.35. The van der Waals surface area contributed by atoms with Crippen molar-refractivity contribution in [1.82, 2.24) is 0 Å². The second kappa shape index (κ2) is 3.20. The lowest BCUT2D eigenvalue weighted by Crippen LogP contribution is -2.15. The number of benzene rings is 1. The Labute approximate surface area is 74.1 Å². The molecule has 1 heterocycles. The molecule has 13 heavy (non-hydrogen) atoms. The summed E-state index contributed by atoms with van der Waals surface area (Å²) in [7, 11) is 0. The number of hydrogen-bond donors (Lipinski definition) is 0. The number of hydrogen-bond acceptors (Lipinski definition) is 2. The Hall–Kier alpha value is -1.32. The van der Waals surface area contributed by atoms with E-state index in [-0.39, 0.29) is 5.56 Å². The second-order valence-corrected chi connectivity index (χ2v) is 2.70. The smallest absolute Gasteiger partial charge is 0.263 e. The summed E-state index contributed by atoms with van der Waals surface area (Å²) in [5.74, 6) is 0.944. The van der Waals surface area contributed by atoms with Gasteiger partial charge in [0.25, 0.3) is 6.43 Å². The molecule has 1 aliphatic rings. The van der Waals surface area contributed by atoms with Gasteiger partial charge in [0.2, 0.25) is 0 Å². The van der Waals surface area contributed by atoms with E-state index in [0.717, 1.165) is 0 Å². The summed E-state index contributed by atoms with van der Waals surface area (Å²) in [6, 6.07) is 4.17. The Morgan fingerprint density at radius 2 is 1.77 bits per heavy atom. The van der Waals surface area contributed by atoms with E-state index < -0.39 is 6.43 Å². The van der Waals surface area contributed by atoms with Crippen molar-refractivity contribution in [1.29, 1.82) is 0 Å². The standard InChI is InChI=1S/C9H8F2O2/c10-9(11)6-1-2-7-8(5-6)13-4-3-12-7/h1-2,5,9H,3-4H2. The molecule has 0 spiro atoms. The van der Waals surface area contributed by atoms with Gasteiger partial charge in [-0.15, -0.1) is 0 Å². The molecule has 0 N–H and O–H groups in total. The summed E-state index contributed by atoms with van der Waals surface area (Å²) in [6.45, 7) is 0.890. The largest absolute Gasteiger partial charge is 0.486 e. The molecule has 2 nitrogen and oxygen atoms in total. The topological polar surface area (TPSA) is 18.5 Å². The highest BCUT2D eigenvalue weighted by molar-refractivity contribution is 5.44. The number of halogens is 2. The van der Waals surface area contributed by atoms with Crippen molar-refractivity contribution in [3.8, 4) is 11.5 Å². The van der Waals surface area contributed by atoms with Gasteiger partial charge < -0.3 is 9.47 Å². The minimum atomic E-state index is -2.46. The van der Waals surface area contributed by atoms with Gasteiger partial charge in [-0.25, -0.2) is 8.78 Å². The van der Waals surface area contributed by atoms with E-state index >= 15 is 0 Å². The first kappa shape index (κ1) is 8.29. The van der Waals surface area contributed by atoms with Crippen molar-refractivity contribution in [3.05, 3.63) is 23.8 Å². The van der Waals surface area contributed by atoms with Crippen LogP contribution < -0.4 is 9.47 Å². The molecule has 1 aromatic carbocycles. The zero-order valence-corrected chi connectivity index (χ0v) is 6.80. The van der Waals surface area contributed by atoms with E-state index in [1.54, 1.807) is 0 Å². The number of ether oxygens (including phenoxy) is 2. The lowest BCUT2D eigenvalue weighted by atomic mass is 10.2. The van der Waals surface area contributed by atoms with Gasteiger partial charge in [0.05, 0.1) is 0 Å². The molecule has 0 bridgehead atoms. The summed E-state index contributed by atoms with van der Waals surface area (Å²) < 4.78 is 34.8. The van der Waals surface area contributed by atoms with Crippen LogP contribution in [0.2, 0.25) is 0 Å². The maximum atomic E-state index is 12.2. The maximum Gasteiger partial charge on any atom is 0.263 e. The third-order valence-electron chi connectivity index (χ3n) is 1.82. The molecular formula is C9H8F2O2. The molecule has 0 amide bonds. The Kier molecular flexibility index (Phi) is 2.04. The van der Waals surface area contributed by atoms with Crippen LogP contribution in [0.3, 0.4) is 0 Å². The average molecular weight is 186 g/mol. The van der Waals surface area contributed by atoms with Crippen LogP contribution >= 0.6 is 0 Å². The van der Waals surface area contributed by atoms with Gasteiger partial charge in [0.15, 0.2) is 11.5 Å². The van der Waals surface area contributed by atoms with E-state index in [1.807, 2.05) is 0 Å². The normalized spacial score (nSPS) is 14.7. The van der Waals surface area contributed by atoms with Crippen LogP contribution in [0.15, 0.2) is 18.2 Å². The van der Waals surface area contributed by atoms with Crippen molar-refractivity contribution in [2.45, 2.75) is 6.43 Å². The maximum absolute atomic E-state index is 12.2. The Morgan fingerprint density at radius 3 is 2.46 bits per heavy atom. The van der Waals surface area contributed by atoms with Crippen molar-refractivity contribution in [2.24, 2.45) is 0 Å². The molecule has 4 heteroatoms. The first-order chi connectivity index (χ1) is 6.27. The van der Waals surface area contributed by atoms with Crippen molar-refractivity contribution >= 4 is 0 Å². The second-order valence-electron chi connectivity index (χ2n) is 2.70. The van der Waals surface area contributed by atoms with Gasteiger partial charge in [-0.05, 0) is 18.2 Å². The van der Waals surface area contributed by atoms with Crippen LogP contribution in [-0.4, -0.2) is 13.2 Å². The van der Waals surface area contributed by atoms with Crippen molar-refractivity contribution in [2.75, 3.05) is 13.2 Å². The highest BCUT2D eigenvalue weighted by Crippen LogP contribution is 2.33. The number of fused-ring (bicyclic) bond motifs is 1. The summed E-state index contributed by atoms with van der Waals surface area (Å²) in [5, 5.41) is 0. The highest BCUT2D eigenvalue weighted by atomic mass is 19.3. The van der Waals surface area contributed by atoms with Crippen LogP contribution in [0.25, 0.3) is 0 Å². The molecule has 0 unspecified atom stereocenters. The summed E-state index contributed by atoms with van der Waals surface area (Å²) in [4.78, 5) is 0. The molecule has 0 atom stereocenters. The number of rotatable bonds is 1. The minimum Gasteiger partial charge on any atom is -0.486 e. The fraction of sp³-hybridized carbons (Fsp3) is 0.333. The molecule has 0 aromatic heterocycles. The van der Waals surface area contributed by atoms with Crippen LogP contribution in [-0.2, 0) is 0 Å². The molecule has 0 aliphatic carbocycles. The van der Waals surface area contributed by atoms with Crippen LogP contribution in [0.5, 0.6) is 11.5 Å². The monoisotopic (exact) mass is 186 g/mol. The van der Waals surface area contributed by atoms with Crippen LogP contribution in [0.4, 0.5) is 8.78 Å². The van der Waals surface area contributed by atoms with E-state index in [9.17, 15) is 8.78 Å².